The van der Waals surface area contributed by atoms with Crippen LogP contribution >= 0.6 is 11.8 Å². The highest BCUT2D eigenvalue weighted by Gasteiger charge is 2.16. The molecule has 1 rings (SSSR count). The molecule has 1 saturated heterocycles. The number of hydrogen-bond acceptors (Lipinski definition) is 2. The third kappa shape index (κ3) is 4.02. The molecule has 2 heteroatoms. The Morgan fingerprint density at radius 2 is 1.91 bits per heavy atom. The quantitative estimate of drug-likeness (QED) is 0.603. The number of likely N-dealkylation sites (tertiary alicyclic amines) is 1. The molecule has 1 heterocycles. The van der Waals surface area contributed by atoms with Crippen LogP contribution in [0.2, 0.25) is 0 Å². The fourth-order valence-electron chi connectivity index (χ4n) is 1.34. The topological polar surface area (TPSA) is 3.24 Å². The van der Waals surface area contributed by atoms with Gasteiger partial charge in [0.15, 0.2) is 0 Å². The Balaban J connectivity index is 0.000000461. The summed E-state index contributed by atoms with van der Waals surface area (Å²) in [4.78, 5) is 2.45. The third-order valence-electron chi connectivity index (χ3n) is 1.98. The molecule has 68 valence electrons. The molecule has 1 unspecified atom stereocenters. The minimum Gasteiger partial charge on any atom is -0.295 e. The van der Waals surface area contributed by atoms with Gasteiger partial charge in [-0.3, -0.25) is 4.90 Å². The molecule has 11 heavy (non-hydrogen) atoms. The first-order valence-electron chi connectivity index (χ1n) is 4.57. The zero-order valence-electron chi connectivity index (χ0n) is 8.26. The van der Waals surface area contributed by atoms with E-state index in [-0.39, 0.29) is 0 Å². The first kappa shape index (κ1) is 11.3. The van der Waals surface area contributed by atoms with Gasteiger partial charge in [0, 0.05) is 0 Å². The molecule has 0 aromatic rings. The minimum atomic E-state index is 0.804. The molecule has 1 nitrogen and oxygen atoms in total. The Kier molecular flexibility index (Phi) is 7.18. The highest BCUT2D eigenvalue weighted by Crippen LogP contribution is 2.22. The Hall–Kier alpha value is 0.310. The second kappa shape index (κ2) is 6.99. The Morgan fingerprint density at radius 3 is 2.27 bits per heavy atom. The minimum absolute atomic E-state index is 0.804. The van der Waals surface area contributed by atoms with Gasteiger partial charge in [0.1, 0.15) is 0 Å². The van der Waals surface area contributed by atoms with E-state index in [9.17, 15) is 0 Å². The first-order valence-corrected chi connectivity index (χ1v) is 5.86. The van der Waals surface area contributed by atoms with Crippen molar-refractivity contribution in [2.45, 2.75) is 38.5 Å². The van der Waals surface area contributed by atoms with E-state index in [1.54, 1.807) is 0 Å². The predicted molar refractivity (Wildman–Crippen MR) is 55.1 cm³/mol. The SMILES string of the molecule is CC.CSC1CCCCN1C. The largest absolute Gasteiger partial charge is 0.295 e. The predicted octanol–water partition coefficient (Wildman–Crippen LogP) is 2.82. The van der Waals surface area contributed by atoms with Crippen molar-refractivity contribution >= 4 is 11.8 Å². The monoisotopic (exact) mass is 175 g/mol. The van der Waals surface area contributed by atoms with Crippen molar-refractivity contribution in [1.29, 1.82) is 0 Å². The van der Waals surface area contributed by atoms with E-state index in [1.807, 2.05) is 25.6 Å². The molecule has 0 bridgehead atoms. The lowest BCUT2D eigenvalue weighted by atomic mass is 10.1. The summed E-state index contributed by atoms with van der Waals surface area (Å²) < 4.78 is 0. The van der Waals surface area contributed by atoms with Crippen molar-refractivity contribution < 1.29 is 0 Å². The Labute approximate surface area is 75.5 Å². The van der Waals surface area contributed by atoms with E-state index in [0.717, 1.165) is 5.37 Å². The van der Waals surface area contributed by atoms with Gasteiger partial charge in [-0.05, 0) is 39.1 Å². The van der Waals surface area contributed by atoms with Gasteiger partial charge in [-0.2, -0.15) is 0 Å². The van der Waals surface area contributed by atoms with Gasteiger partial charge in [0.05, 0.1) is 5.37 Å². The molecule has 1 aliphatic rings. The van der Waals surface area contributed by atoms with Crippen LogP contribution in [-0.4, -0.2) is 30.1 Å². The molecular weight excluding hydrogens is 154 g/mol. The van der Waals surface area contributed by atoms with Crippen LogP contribution in [0.15, 0.2) is 0 Å². The molecule has 0 radical (unpaired) electrons. The van der Waals surface area contributed by atoms with Crippen LogP contribution in [0.25, 0.3) is 0 Å². The number of nitrogens with zero attached hydrogens (tertiary/aromatic N) is 1. The summed E-state index contributed by atoms with van der Waals surface area (Å²) in [5.41, 5.74) is 0. The second-order valence-corrected chi connectivity index (χ2v) is 3.68. The lowest BCUT2D eigenvalue weighted by Gasteiger charge is -2.30. The van der Waals surface area contributed by atoms with E-state index in [2.05, 4.69) is 18.2 Å². The fraction of sp³-hybridized carbons (Fsp3) is 1.00. The number of hydrogen-bond donors (Lipinski definition) is 0. The zero-order valence-corrected chi connectivity index (χ0v) is 9.08. The van der Waals surface area contributed by atoms with Gasteiger partial charge >= 0.3 is 0 Å². The number of piperidine rings is 1. The average Bonchev–Trinajstić information content (AvgIpc) is 2.09. The van der Waals surface area contributed by atoms with E-state index in [4.69, 9.17) is 0 Å². The van der Waals surface area contributed by atoms with Crippen LogP contribution in [0.4, 0.5) is 0 Å². The summed E-state index contributed by atoms with van der Waals surface area (Å²) in [5, 5.41) is 0.804. The molecule has 1 atom stereocenters. The molecule has 0 amide bonds. The van der Waals surface area contributed by atoms with Crippen LogP contribution in [-0.2, 0) is 0 Å². The smallest absolute Gasteiger partial charge is 0.0551 e. The summed E-state index contributed by atoms with van der Waals surface area (Å²) in [6, 6.07) is 0. The molecule has 1 fully saturated rings. The van der Waals surface area contributed by atoms with Gasteiger partial charge < -0.3 is 0 Å². The standard InChI is InChI=1S/C7H15NS.C2H6/c1-8-6-4-3-5-7(8)9-2;1-2/h7H,3-6H2,1-2H3;1-2H3. The molecule has 1 aliphatic heterocycles. The molecule has 0 N–H and O–H groups in total. The molecule has 0 aromatic carbocycles. The summed E-state index contributed by atoms with van der Waals surface area (Å²) >= 11 is 1.98. The molecular formula is C9H21NS. The molecule has 0 aliphatic carbocycles. The van der Waals surface area contributed by atoms with Crippen LogP contribution in [0.1, 0.15) is 33.1 Å². The van der Waals surface area contributed by atoms with Crippen LogP contribution in [0.5, 0.6) is 0 Å². The molecule has 0 saturated carbocycles. The maximum atomic E-state index is 2.45. The lowest BCUT2D eigenvalue weighted by Crippen LogP contribution is -2.33. The molecule has 0 aromatic heterocycles. The number of thioether (sulfide) groups is 1. The van der Waals surface area contributed by atoms with E-state index < -0.39 is 0 Å². The van der Waals surface area contributed by atoms with Gasteiger partial charge in [0.2, 0.25) is 0 Å². The van der Waals surface area contributed by atoms with Gasteiger partial charge in [-0.1, -0.05) is 13.8 Å². The molecule has 0 spiro atoms. The highest BCUT2D eigenvalue weighted by molar-refractivity contribution is 7.99. The lowest BCUT2D eigenvalue weighted by molar-refractivity contribution is 0.252. The maximum Gasteiger partial charge on any atom is 0.0551 e. The van der Waals surface area contributed by atoms with E-state index in [0.29, 0.717) is 0 Å². The van der Waals surface area contributed by atoms with Crippen molar-refractivity contribution in [3.05, 3.63) is 0 Å². The van der Waals surface area contributed by atoms with Crippen LogP contribution < -0.4 is 0 Å². The maximum absolute atomic E-state index is 2.45. The fourth-order valence-corrected chi connectivity index (χ4v) is 2.21. The summed E-state index contributed by atoms with van der Waals surface area (Å²) in [7, 11) is 2.22. The summed E-state index contributed by atoms with van der Waals surface area (Å²) in [5.74, 6) is 0. The van der Waals surface area contributed by atoms with Gasteiger partial charge in [-0.25, -0.2) is 0 Å². The van der Waals surface area contributed by atoms with Crippen molar-refractivity contribution in [3.8, 4) is 0 Å². The highest BCUT2D eigenvalue weighted by atomic mass is 32.2. The van der Waals surface area contributed by atoms with Crippen molar-refractivity contribution in [3.63, 3.8) is 0 Å². The van der Waals surface area contributed by atoms with E-state index >= 15 is 0 Å². The summed E-state index contributed by atoms with van der Waals surface area (Å²) in [6.45, 7) is 5.30. The third-order valence-corrected chi connectivity index (χ3v) is 3.12. The van der Waals surface area contributed by atoms with Crippen molar-refractivity contribution in [1.82, 2.24) is 4.90 Å². The zero-order chi connectivity index (χ0) is 8.69. The van der Waals surface area contributed by atoms with E-state index in [1.165, 1.54) is 25.8 Å². The normalized spacial score (nSPS) is 25.6. The van der Waals surface area contributed by atoms with Gasteiger partial charge in [-0.15, -0.1) is 11.8 Å². The van der Waals surface area contributed by atoms with Crippen LogP contribution in [0, 0.1) is 0 Å². The Morgan fingerprint density at radius 1 is 1.27 bits per heavy atom. The van der Waals surface area contributed by atoms with Crippen molar-refractivity contribution in [2.24, 2.45) is 0 Å². The van der Waals surface area contributed by atoms with Crippen molar-refractivity contribution in [2.75, 3.05) is 19.8 Å². The summed E-state index contributed by atoms with van der Waals surface area (Å²) in [6.07, 6.45) is 6.41. The first-order chi connectivity index (χ1) is 5.34. The van der Waals surface area contributed by atoms with Crippen LogP contribution in [0.3, 0.4) is 0 Å². The number of rotatable bonds is 1. The average molecular weight is 175 g/mol. The Bertz CT molecular complexity index is 85.6. The second-order valence-electron chi connectivity index (χ2n) is 2.67. The van der Waals surface area contributed by atoms with Gasteiger partial charge in [0.25, 0.3) is 0 Å².